The van der Waals surface area contributed by atoms with Crippen molar-refractivity contribution in [2.45, 2.75) is 12.5 Å². The molecule has 0 saturated carbocycles. The van der Waals surface area contributed by atoms with E-state index in [0.717, 1.165) is 5.56 Å². The molecule has 1 aromatic carbocycles. The van der Waals surface area contributed by atoms with Crippen molar-refractivity contribution in [3.8, 4) is 0 Å². The number of primary amides is 1. The van der Waals surface area contributed by atoms with Gasteiger partial charge in [-0.3, -0.25) is 9.59 Å². The van der Waals surface area contributed by atoms with Gasteiger partial charge in [-0.2, -0.15) is 0 Å². The van der Waals surface area contributed by atoms with Crippen LogP contribution in [0.3, 0.4) is 0 Å². The summed E-state index contributed by atoms with van der Waals surface area (Å²) >= 11 is 5.98. The fourth-order valence-electron chi connectivity index (χ4n) is 2.27. The molecule has 7 heteroatoms. The lowest BCUT2D eigenvalue weighted by Gasteiger charge is -2.36. The molecule has 110 valence electrons. The van der Waals surface area contributed by atoms with E-state index in [0.29, 0.717) is 24.7 Å². The molecule has 0 spiro atoms. The van der Waals surface area contributed by atoms with Gasteiger partial charge in [0.05, 0.1) is 6.04 Å². The maximum Gasteiger partial charge on any atom is 0.232 e. The van der Waals surface area contributed by atoms with E-state index in [1.54, 1.807) is 11.0 Å². The maximum atomic E-state index is 12.0. The highest BCUT2D eigenvalue weighted by atomic mass is 35.5. The van der Waals surface area contributed by atoms with Gasteiger partial charge in [0.25, 0.3) is 0 Å². The first-order valence-electron chi connectivity index (χ1n) is 6.12. The van der Waals surface area contributed by atoms with Crippen LogP contribution in [-0.2, 0) is 9.59 Å². The largest absolute Gasteiger partial charge is 0.369 e. The lowest BCUT2D eigenvalue weighted by atomic mass is 10.0. The molecule has 0 aliphatic carbocycles. The first kappa shape index (κ1) is 16.8. The Hall–Kier alpha value is -1.30. The Morgan fingerprint density at radius 1 is 1.45 bits per heavy atom. The summed E-state index contributed by atoms with van der Waals surface area (Å²) in [6.45, 7) is 1.91. The van der Waals surface area contributed by atoms with Crippen molar-refractivity contribution in [2.75, 3.05) is 19.6 Å². The van der Waals surface area contributed by atoms with Crippen molar-refractivity contribution < 1.29 is 9.59 Å². The summed E-state index contributed by atoms with van der Waals surface area (Å²) in [5, 5.41) is 3.87. The second-order valence-corrected chi connectivity index (χ2v) is 4.94. The van der Waals surface area contributed by atoms with Crippen LogP contribution in [0.2, 0.25) is 5.02 Å². The zero-order valence-electron chi connectivity index (χ0n) is 10.8. The quantitative estimate of drug-likeness (QED) is 0.820. The van der Waals surface area contributed by atoms with Gasteiger partial charge in [-0.25, -0.2) is 0 Å². The maximum absolute atomic E-state index is 12.0. The first-order valence-corrected chi connectivity index (χ1v) is 6.49. The monoisotopic (exact) mass is 317 g/mol. The van der Waals surface area contributed by atoms with Gasteiger partial charge in [0.2, 0.25) is 11.8 Å². The summed E-state index contributed by atoms with van der Waals surface area (Å²) in [6, 6.07) is 7.29. The van der Waals surface area contributed by atoms with Crippen molar-refractivity contribution >= 4 is 35.8 Å². The molecular weight excluding hydrogens is 301 g/mol. The highest BCUT2D eigenvalue weighted by Gasteiger charge is 2.28. The molecule has 2 rings (SSSR count). The van der Waals surface area contributed by atoms with Crippen LogP contribution in [0.1, 0.15) is 18.0 Å². The van der Waals surface area contributed by atoms with Crippen LogP contribution in [0.4, 0.5) is 0 Å². The van der Waals surface area contributed by atoms with E-state index in [2.05, 4.69) is 5.32 Å². The van der Waals surface area contributed by atoms with E-state index in [1.807, 2.05) is 18.2 Å². The number of hydrogen-bond acceptors (Lipinski definition) is 3. The van der Waals surface area contributed by atoms with Crippen LogP contribution in [0, 0.1) is 0 Å². The van der Waals surface area contributed by atoms with Gasteiger partial charge in [0, 0.05) is 24.7 Å². The average Bonchev–Trinajstić information content (AvgIpc) is 2.38. The van der Waals surface area contributed by atoms with Gasteiger partial charge in [0.1, 0.15) is 6.42 Å². The molecule has 1 unspecified atom stereocenters. The number of nitrogens with zero attached hydrogens (tertiary/aromatic N) is 1. The number of carbonyl (C=O) groups is 2. The zero-order chi connectivity index (χ0) is 13.8. The first-order chi connectivity index (χ1) is 9.08. The number of hydrogen-bond donors (Lipinski definition) is 2. The van der Waals surface area contributed by atoms with E-state index in [1.165, 1.54) is 0 Å². The van der Waals surface area contributed by atoms with Crippen LogP contribution >= 0.6 is 24.0 Å². The van der Waals surface area contributed by atoms with Crippen LogP contribution < -0.4 is 11.1 Å². The number of carbonyl (C=O) groups excluding carboxylic acids is 2. The summed E-state index contributed by atoms with van der Waals surface area (Å²) in [6.07, 6.45) is -0.253. The molecule has 1 aromatic rings. The fraction of sp³-hybridized carbons (Fsp3) is 0.385. The Labute approximate surface area is 128 Å². The van der Waals surface area contributed by atoms with Crippen LogP contribution in [0.15, 0.2) is 24.3 Å². The molecule has 1 heterocycles. The minimum absolute atomic E-state index is 0. The second-order valence-electron chi connectivity index (χ2n) is 4.51. The molecule has 20 heavy (non-hydrogen) atoms. The third-order valence-corrected chi connectivity index (χ3v) is 3.36. The molecular formula is C13H17Cl2N3O2. The number of piperazine rings is 1. The van der Waals surface area contributed by atoms with E-state index >= 15 is 0 Å². The van der Waals surface area contributed by atoms with Crippen molar-refractivity contribution in [3.63, 3.8) is 0 Å². The molecule has 1 fully saturated rings. The topological polar surface area (TPSA) is 75.4 Å². The molecule has 1 saturated heterocycles. The lowest BCUT2D eigenvalue weighted by Crippen LogP contribution is -2.49. The van der Waals surface area contributed by atoms with Gasteiger partial charge in [-0.1, -0.05) is 23.7 Å². The number of nitrogens with two attached hydrogens (primary N) is 1. The zero-order valence-corrected chi connectivity index (χ0v) is 12.4. The van der Waals surface area contributed by atoms with Gasteiger partial charge < -0.3 is 16.0 Å². The normalized spacial score (nSPS) is 18.2. The Morgan fingerprint density at radius 3 is 2.85 bits per heavy atom. The number of nitrogens with one attached hydrogen (secondary N) is 1. The summed E-state index contributed by atoms with van der Waals surface area (Å²) in [7, 11) is 0. The Bertz CT molecular complexity index is 496. The minimum atomic E-state index is -0.603. The van der Waals surface area contributed by atoms with E-state index < -0.39 is 5.91 Å². The van der Waals surface area contributed by atoms with Crippen LogP contribution in [0.25, 0.3) is 0 Å². The second kappa shape index (κ2) is 7.47. The average molecular weight is 318 g/mol. The third kappa shape index (κ3) is 4.10. The summed E-state index contributed by atoms with van der Waals surface area (Å²) in [5.74, 6) is -0.840. The van der Waals surface area contributed by atoms with Crippen molar-refractivity contribution in [2.24, 2.45) is 5.73 Å². The molecule has 3 N–H and O–H groups in total. The predicted molar refractivity (Wildman–Crippen MR) is 79.8 cm³/mol. The van der Waals surface area contributed by atoms with Crippen LogP contribution in [0.5, 0.6) is 0 Å². The SMILES string of the molecule is Cl.NC(=O)CC(=O)N1CCNCC1c1cccc(Cl)c1. The molecule has 1 aliphatic rings. The van der Waals surface area contributed by atoms with Crippen molar-refractivity contribution in [1.82, 2.24) is 10.2 Å². The molecule has 0 aromatic heterocycles. The van der Waals surface area contributed by atoms with Crippen LogP contribution in [-0.4, -0.2) is 36.3 Å². The highest BCUT2D eigenvalue weighted by molar-refractivity contribution is 6.30. The summed E-state index contributed by atoms with van der Waals surface area (Å²) in [4.78, 5) is 24.6. The molecule has 0 bridgehead atoms. The molecule has 1 aliphatic heterocycles. The Kier molecular flexibility index (Phi) is 6.26. The third-order valence-electron chi connectivity index (χ3n) is 3.12. The van der Waals surface area contributed by atoms with E-state index in [4.69, 9.17) is 17.3 Å². The molecule has 5 nitrogen and oxygen atoms in total. The fourth-order valence-corrected chi connectivity index (χ4v) is 2.46. The van der Waals surface area contributed by atoms with Gasteiger partial charge in [0.15, 0.2) is 0 Å². The van der Waals surface area contributed by atoms with Gasteiger partial charge >= 0.3 is 0 Å². The van der Waals surface area contributed by atoms with Gasteiger partial charge in [-0.15, -0.1) is 12.4 Å². The Balaban J connectivity index is 0.00000200. The number of amides is 2. The standard InChI is InChI=1S/C13H16ClN3O2.ClH/c14-10-3-1-2-9(6-10)11-8-16-4-5-17(11)13(19)7-12(15)18;/h1-3,6,11,16H,4-5,7-8H2,(H2,15,18);1H. The summed E-state index contributed by atoms with van der Waals surface area (Å²) in [5.41, 5.74) is 6.04. The van der Waals surface area contributed by atoms with Crippen molar-refractivity contribution in [1.29, 1.82) is 0 Å². The summed E-state index contributed by atoms with van der Waals surface area (Å²) < 4.78 is 0. The Morgan fingerprint density at radius 2 is 2.20 bits per heavy atom. The number of halogens is 2. The predicted octanol–water partition coefficient (Wildman–Crippen LogP) is 1.11. The van der Waals surface area contributed by atoms with Crippen molar-refractivity contribution in [3.05, 3.63) is 34.9 Å². The smallest absolute Gasteiger partial charge is 0.232 e. The lowest BCUT2D eigenvalue weighted by molar-refractivity contribution is -0.137. The highest BCUT2D eigenvalue weighted by Crippen LogP contribution is 2.25. The van der Waals surface area contributed by atoms with Gasteiger partial charge in [-0.05, 0) is 17.7 Å². The minimum Gasteiger partial charge on any atom is -0.369 e. The van der Waals surface area contributed by atoms with E-state index in [9.17, 15) is 9.59 Å². The molecule has 0 radical (unpaired) electrons. The molecule has 2 amide bonds. The van der Waals surface area contributed by atoms with E-state index in [-0.39, 0.29) is 30.8 Å². The number of rotatable bonds is 3. The molecule has 1 atom stereocenters. The number of benzene rings is 1.